The molecule has 16 heavy (non-hydrogen) atoms. The van der Waals surface area contributed by atoms with Gasteiger partial charge in [0, 0.05) is 22.8 Å². The van der Waals surface area contributed by atoms with E-state index in [0.717, 1.165) is 0 Å². The summed E-state index contributed by atoms with van der Waals surface area (Å²) >= 11 is 0. The molecule has 90 valence electrons. The lowest BCUT2D eigenvalue weighted by molar-refractivity contribution is 0.257. The van der Waals surface area contributed by atoms with Gasteiger partial charge in [0.1, 0.15) is 5.75 Å². The Kier molecular flexibility index (Phi) is 5.02. The van der Waals surface area contributed by atoms with Crippen LogP contribution in [0.15, 0.2) is 24.5 Å². The molecule has 1 aromatic heterocycles. The van der Waals surface area contributed by atoms with Gasteiger partial charge in [-0.05, 0) is 18.6 Å². The van der Waals surface area contributed by atoms with E-state index in [-0.39, 0.29) is 11.7 Å². The topological polar surface area (TPSA) is 56.3 Å². The molecule has 0 saturated heterocycles. The van der Waals surface area contributed by atoms with Crippen LogP contribution >= 0.6 is 10.7 Å². The van der Waals surface area contributed by atoms with Gasteiger partial charge in [-0.15, -0.1) is 0 Å². The van der Waals surface area contributed by atoms with Crippen molar-refractivity contribution in [2.45, 2.75) is 13.3 Å². The monoisotopic (exact) mass is 263 g/mol. The van der Waals surface area contributed by atoms with Gasteiger partial charge in [-0.2, -0.15) is 0 Å². The highest BCUT2D eigenvalue weighted by Crippen LogP contribution is 2.13. The second-order valence-corrected chi connectivity index (χ2v) is 6.30. The fourth-order valence-electron chi connectivity index (χ4n) is 1.21. The fraction of sp³-hybridized carbons (Fsp3) is 0.500. The Morgan fingerprint density at radius 1 is 1.56 bits per heavy atom. The molecule has 0 radical (unpaired) electrons. The lowest BCUT2D eigenvalue weighted by atomic mass is 10.1. The van der Waals surface area contributed by atoms with E-state index in [9.17, 15) is 8.42 Å². The van der Waals surface area contributed by atoms with E-state index in [0.29, 0.717) is 18.8 Å². The molecule has 4 nitrogen and oxygen atoms in total. The molecular weight excluding hydrogens is 250 g/mol. The van der Waals surface area contributed by atoms with Crippen molar-refractivity contribution in [2.24, 2.45) is 5.92 Å². The number of hydrogen-bond donors (Lipinski definition) is 0. The standard InChI is InChI=1S/C10H14ClNO3S/c1-2-9(8-16(11,13)14)7-15-10-4-3-5-12-6-10/h3-6,9H,2,7-8H2,1H3. The summed E-state index contributed by atoms with van der Waals surface area (Å²) in [6.45, 7) is 2.23. The predicted octanol–water partition coefficient (Wildman–Crippen LogP) is 2.06. The van der Waals surface area contributed by atoms with Gasteiger partial charge in [0.15, 0.2) is 0 Å². The number of aromatic nitrogens is 1. The first kappa shape index (κ1) is 13.3. The number of halogens is 1. The van der Waals surface area contributed by atoms with Gasteiger partial charge in [0.25, 0.3) is 0 Å². The zero-order valence-electron chi connectivity index (χ0n) is 8.97. The third-order valence-corrected chi connectivity index (χ3v) is 3.38. The van der Waals surface area contributed by atoms with Crippen molar-refractivity contribution in [3.63, 3.8) is 0 Å². The molecule has 1 unspecified atom stereocenters. The molecule has 0 bridgehead atoms. The Hall–Kier alpha value is -0.810. The molecule has 1 aromatic rings. The zero-order chi connectivity index (χ0) is 12.0. The molecule has 0 aliphatic heterocycles. The van der Waals surface area contributed by atoms with E-state index in [1.165, 1.54) is 0 Å². The van der Waals surface area contributed by atoms with Gasteiger partial charge in [0.05, 0.1) is 18.6 Å². The first-order valence-electron chi connectivity index (χ1n) is 4.96. The summed E-state index contributed by atoms with van der Waals surface area (Å²) in [7, 11) is 1.73. The van der Waals surface area contributed by atoms with Crippen molar-refractivity contribution in [1.82, 2.24) is 4.98 Å². The maximum absolute atomic E-state index is 10.9. The summed E-state index contributed by atoms with van der Waals surface area (Å²) in [6.07, 6.45) is 3.93. The highest BCUT2D eigenvalue weighted by Gasteiger charge is 2.16. The fourth-order valence-corrected chi connectivity index (χ4v) is 2.64. The van der Waals surface area contributed by atoms with E-state index in [2.05, 4.69) is 4.98 Å². The first-order chi connectivity index (χ1) is 7.51. The van der Waals surface area contributed by atoms with Crippen molar-refractivity contribution in [3.8, 4) is 5.75 Å². The molecule has 0 amide bonds. The van der Waals surface area contributed by atoms with Gasteiger partial charge < -0.3 is 4.74 Å². The maximum Gasteiger partial charge on any atom is 0.232 e. The van der Waals surface area contributed by atoms with Crippen molar-refractivity contribution in [1.29, 1.82) is 0 Å². The van der Waals surface area contributed by atoms with E-state index in [4.69, 9.17) is 15.4 Å². The minimum absolute atomic E-state index is 0.0642. The molecule has 0 fully saturated rings. The van der Waals surface area contributed by atoms with Crippen LogP contribution in [0, 0.1) is 5.92 Å². The Labute approximate surface area is 100 Å². The van der Waals surface area contributed by atoms with Crippen LogP contribution in [-0.2, 0) is 9.05 Å². The highest BCUT2D eigenvalue weighted by molar-refractivity contribution is 8.13. The molecule has 1 rings (SSSR count). The van der Waals surface area contributed by atoms with Gasteiger partial charge in [-0.25, -0.2) is 8.42 Å². The van der Waals surface area contributed by atoms with Crippen LogP contribution in [0.4, 0.5) is 0 Å². The largest absolute Gasteiger partial charge is 0.492 e. The van der Waals surface area contributed by atoms with Crippen LogP contribution in [0.5, 0.6) is 5.75 Å². The minimum atomic E-state index is -3.46. The second kappa shape index (κ2) is 6.06. The lowest BCUT2D eigenvalue weighted by Crippen LogP contribution is -2.19. The minimum Gasteiger partial charge on any atom is -0.492 e. The second-order valence-electron chi connectivity index (χ2n) is 3.48. The SMILES string of the molecule is CCC(COc1cccnc1)CS(=O)(=O)Cl. The van der Waals surface area contributed by atoms with Crippen molar-refractivity contribution in [2.75, 3.05) is 12.4 Å². The molecule has 0 aliphatic rings. The smallest absolute Gasteiger partial charge is 0.232 e. The number of pyridine rings is 1. The van der Waals surface area contributed by atoms with Gasteiger partial charge in [-0.3, -0.25) is 4.98 Å². The molecule has 6 heteroatoms. The quantitative estimate of drug-likeness (QED) is 0.737. The summed E-state index contributed by atoms with van der Waals surface area (Å²) in [5.41, 5.74) is 0. The Morgan fingerprint density at radius 2 is 2.31 bits per heavy atom. The van der Waals surface area contributed by atoms with Gasteiger partial charge in [-0.1, -0.05) is 6.92 Å². The van der Waals surface area contributed by atoms with Gasteiger partial charge >= 0.3 is 0 Å². The number of ether oxygens (including phenoxy) is 1. The predicted molar refractivity (Wildman–Crippen MR) is 63.2 cm³/mol. The number of nitrogens with zero attached hydrogens (tertiary/aromatic N) is 1. The van der Waals surface area contributed by atoms with Crippen LogP contribution < -0.4 is 4.74 Å². The normalized spacial score (nSPS) is 13.4. The average Bonchev–Trinajstić information content (AvgIpc) is 2.24. The van der Waals surface area contributed by atoms with Crippen LogP contribution in [-0.4, -0.2) is 25.8 Å². The maximum atomic E-state index is 10.9. The van der Waals surface area contributed by atoms with Crippen molar-refractivity contribution >= 4 is 19.7 Å². The molecular formula is C10H14ClNO3S. The van der Waals surface area contributed by atoms with Crippen LogP contribution in [0.2, 0.25) is 0 Å². The Morgan fingerprint density at radius 3 is 2.81 bits per heavy atom. The summed E-state index contributed by atoms with van der Waals surface area (Å²) in [4.78, 5) is 3.89. The lowest BCUT2D eigenvalue weighted by Gasteiger charge is -2.13. The van der Waals surface area contributed by atoms with Crippen molar-refractivity contribution < 1.29 is 13.2 Å². The summed E-state index contributed by atoms with van der Waals surface area (Å²) in [5, 5.41) is 0. The highest BCUT2D eigenvalue weighted by atomic mass is 35.7. The molecule has 0 saturated carbocycles. The molecule has 0 N–H and O–H groups in total. The van der Waals surface area contributed by atoms with E-state index < -0.39 is 9.05 Å². The van der Waals surface area contributed by atoms with E-state index in [1.807, 2.05) is 6.92 Å². The zero-order valence-corrected chi connectivity index (χ0v) is 10.5. The van der Waals surface area contributed by atoms with Gasteiger partial charge in [0.2, 0.25) is 9.05 Å². The Balaban J connectivity index is 2.46. The molecule has 0 aliphatic carbocycles. The third kappa shape index (κ3) is 5.32. The number of hydrogen-bond acceptors (Lipinski definition) is 4. The van der Waals surface area contributed by atoms with E-state index >= 15 is 0 Å². The summed E-state index contributed by atoms with van der Waals surface area (Å²) in [6, 6.07) is 3.53. The molecule has 0 aromatic carbocycles. The Bertz CT molecular complexity index is 407. The average molecular weight is 264 g/mol. The van der Waals surface area contributed by atoms with Crippen LogP contribution in [0.25, 0.3) is 0 Å². The third-order valence-electron chi connectivity index (χ3n) is 2.13. The number of rotatable bonds is 6. The summed E-state index contributed by atoms with van der Waals surface area (Å²) in [5.74, 6) is 0.473. The summed E-state index contributed by atoms with van der Waals surface area (Å²) < 4.78 is 27.2. The molecule has 1 heterocycles. The van der Waals surface area contributed by atoms with Crippen molar-refractivity contribution in [3.05, 3.63) is 24.5 Å². The van der Waals surface area contributed by atoms with Crippen LogP contribution in [0.3, 0.4) is 0 Å². The van der Waals surface area contributed by atoms with Crippen LogP contribution in [0.1, 0.15) is 13.3 Å². The van der Waals surface area contributed by atoms with E-state index in [1.54, 1.807) is 24.5 Å². The molecule has 0 spiro atoms. The molecule has 1 atom stereocenters. The first-order valence-corrected chi connectivity index (χ1v) is 7.44.